The van der Waals surface area contributed by atoms with Crippen LogP contribution in [0.5, 0.6) is 0 Å². The molecule has 1 nitrogen and oxygen atoms in total. The average Bonchev–Trinajstić information content (AvgIpc) is 1.97. The molecular weight excluding hydrogens is 244 g/mol. The highest BCUT2D eigenvalue weighted by molar-refractivity contribution is 6.56. The number of aromatic nitrogens is 1. The van der Waals surface area contributed by atoms with Crippen molar-refractivity contribution in [2.75, 3.05) is 0 Å². The highest BCUT2D eigenvalue weighted by atomic mass is 35.5. The summed E-state index contributed by atoms with van der Waals surface area (Å²) in [7, 11) is 3.16. The molecule has 0 unspecified atom stereocenters. The van der Waals surface area contributed by atoms with Gasteiger partial charge in [0.15, 0.2) is 0 Å². The smallest absolute Gasteiger partial charge is 0.149 e. The van der Waals surface area contributed by atoms with Crippen LogP contribution in [0, 0.1) is 0 Å². The van der Waals surface area contributed by atoms with Gasteiger partial charge >= 0.3 is 0 Å². The van der Waals surface area contributed by atoms with E-state index in [1.807, 2.05) is 0 Å². The molecule has 11 heavy (non-hydrogen) atoms. The summed E-state index contributed by atoms with van der Waals surface area (Å²) < 4.78 is 0. The quantitative estimate of drug-likeness (QED) is 0.504. The lowest BCUT2D eigenvalue weighted by atomic mass is 10.5. The maximum atomic E-state index is 5.67. The van der Waals surface area contributed by atoms with E-state index in [9.17, 15) is 0 Å². The molecule has 0 saturated carbocycles. The summed E-state index contributed by atoms with van der Waals surface area (Å²) in [5, 5.41) is 1.24. The third-order valence-electron chi connectivity index (χ3n) is 0.998. The Balaban J connectivity index is 3.46. The largest absolute Gasteiger partial charge is 0.221 e. The predicted molar refractivity (Wildman–Crippen MR) is 49.7 cm³/mol. The first kappa shape index (κ1) is 9.61. The van der Waals surface area contributed by atoms with Crippen LogP contribution in [0.3, 0.4) is 0 Å². The molecule has 6 heteroatoms. The molecule has 0 aliphatic carbocycles. The first-order valence-electron chi connectivity index (χ1n) is 2.45. The molecule has 1 rings (SSSR count). The molecule has 0 spiro atoms. The zero-order valence-electron chi connectivity index (χ0n) is 4.96. The summed E-state index contributed by atoms with van der Waals surface area (Å²) in [6, 6.07) is 0. The van der Waals surface area contributed by atoms with Crippen molar-refractivity contribution in [1.29, 1.82) is 0 Å². The molecule has 0 saturated heterocycles. The number of nitrogens with zero attached hydrogens (tertiary/aromatic N) is 1. The Morgan fingerprint density at radius 2 is 1.27 bits per heavy atom. The summed E-state index contributed by atoms with van der Waals surface area (Å²) in [6.07, 6.45) is 0. The Morgan fingerprint density at radius 3 is 1.64 bits per heavy atom. The zero-order valence-corrected chi connectivity index (χ0v) is 8.98. The third kappa shape index (κ3) is 1.82. The van der Waals surface area contributed by atoms with E-state index < -0.39 is 0 Å². The molecule has 0 aliphatic rings. The highest BCUT2D eigenvalue weighted by Crippen LogP contribution is 2.25. The van der Waals surface area contributed by atoms with Crippen LogP contribution in [0.25, 0.3) is 0 Å². The fraction of sp³-hybridized carbons (Fsp3) is 0. The Bertz CT molecular complexity index is 275. The zero-order chi connectivity index (χ0) is 8.59. The molecule has 0 bridgehead atoms. The highest BCUT2D eigenvalue weighted by Gasteiger charge is 2.10. The van der Waals surface area contributed by atoms with E-state index in [4.69, 9.17) is 46.4 Å². The summed E-state index contributed by atoms with van der Waals surface area (Å²) >= 11 is 22.5. The van der Waals surface area contributed by atoms with Gasteiger partial charge in [-0.15, -0.1) is 0 Å². The van der Waals surface area contributed by atoms with Crippen molar-refractivity contribution in [2.24, 2.45) is 0 Å². The average molecular weight is 244 g/mol. The van der Waals surface area contributed by atoms with Crippen molar-refractivity contribution in [1.82, 2.24) is 4.98 Å². The SMILES string of the molecule is [Si]c1c(Cl)c(Cl)nc(Cl)c1Cl. The molecule has 0 amide bonds. The molecule has 1 heterocycles. The Morgan fingerprint density at radius 1 is 0.909 bits per heavy atom. The van der Waals surface area contributed by atoms with Crippen molar-refractivity contribution in [3.05, 3.63) is 20.4 Å². The molecule has 0 aromatic carbocycles. The van der Waals surface area contributed by atoms with Crippen molar-refractivity contribution in [3.8, 4) is 0 Å². The van der Waals surface area contributed by atoms with E-state index in [0.717, 1.165) is 0 Å². The maximum Gasteiger partial charge on any atom is 0.149 e. The van der Waals surface area contributed by atoms with Crippen LogP contribution in [-0.4, -0.2) is 15.2 Å². The van der Waals surface area contributed by atoms with Crippen molar-refractivity contribution in [3.63, 3.8) is 0 Å². The van der Waals surface area contributed by atoms with Crippen LogP contribution in [-0.2, 0) is 0 Å². The standard InChI is InChI=1S/C5Cl4NSi/c6-1-3(11)2(7)5(9)10-4(1)8. The van der Waals surface area contributed by atoms with Gasteiger partial charge in [-0.3, -0.25) is 0 Å². The minimum Gasteiger partial charge on any atom is -0.221 e. The van der Waals surface area contributed by atoms with Gasteiger partial charge in [0.2, 0.25) is 0 Å². The lowest BCUT2D eigenvalue weighted by Gasteiger charge is -2.03. The van der Waals surface area contributed by atoms with Crippen LogP contribution < -0.4 is 5.19 Å². The second kappa shape index (κ2) is 3.50. The van der Waals surface area contributed by atoms with E-state index in [-0.39, 0.29) is 20.4 Å². The van der Waals surface area contributed by atoms with Gasteiger partial charge in [0.05, 0.1) is 20.3 Å². The van der Waals surface area contributed by atoms with Gasteiger partial charge in [-0.2, -0.15) is 0 Å². The fourth-order valence-corrected chi connectivity index (χ4v) is 1.61. The van der Waals surface area contributed by atoms with E-state index >= 15 is 0 Å². The number of pyridine rings is 1. The Kier molecular flexibility index (Phi) is 3.06. The van der Waals surface area contributed by atoms with E-state index in [1.54, 1.807) is 0 Å². The molecule has 0 N–H and O–H groups in total. The van der Waals surface area contributed by atoms with Crippen LogP contribution in [0.4, 0.5) is 0 Å². The van der Waals surface area contributed by atoms with Crippen LogP contribution in [0.2, 0.25) is 20.4 Å². The molecular formula is C5Cl4NSi. The number of rotatable bonds is 0. The van der Waals surface area contributed by atoms with Crippen LogP contribution in [0.1, 0.15) is 0 Å². The fourth-order valence-electron chi connectivity index (χ4n) is 0.487. The topological polar surface area (TPSA) is 12.9 Å². The van der Waals surface area contributed by atoms with E-state index in [1.165, 1.54) is 0 Å². The second-order valence-electron chi connectivity index (χ2n) is 1.70. The van der Waals surface area contributed by atoms with Gasteiger partial charge in [-0.25, -0.2) is 4.98 Å². The third-order valence-corrected chi connectivity index (χ3v) is 3.29. The second-order valence-corrected chi connectivity index (χ2v) is 3.67. The molecule has 1 aromatic rings. The van der Waals surface area contributed by atoms with E-state index in [2.05, 4.69) is 15.2 Å². The van der Waals surface area contributed by atoms with Crippen LogP contribution >= 0.6 is 46.4 Å². The molecule has 0 aliphatic heterocycles. The minimum atomic E-state index is 0.131. The maximum absolute atomic E-state index is 5.67. The normalized spacial score (nSPS) is 10.3. The first-order chi connectivity index (χ1) is 5.04. The van der Waals surface area contributed by atoms with E-state index in [0.29, 0.717) is 5.19 Å². The van der Waals surface area contributed by atoms with Gasteiger partial charge in [-0.1, -0.05) is 46.4 Å². The van der Waals surface area contributed by atoms with Crippen LogP contribution in [0.15, 0.2) is 0 Å². The molecule has 0 fully saturated rings. The molecule has 1 aromatic heterocycles. The summed E-state index contributed by atoms with van der Waals surface area (Å²) in [6.45, 7) is 0. The predicted octanol–water partition coefficient (Wildman–Crippen LogP) is 2.49. The van der Waals surface area contributed by atoms with Gasteiger partial charge in [0.1, 0.15) is 10.3 Å². The number of hydrogen-bond acceptors (Lipinski definition) is 1. The van der Waals surface area contributed by atoms with Crippen molar-refractivity contribution < 1.29 is 0 Å². The lowest BCUT2D eigenvalue weighted by molar-refractivity contribution is 1.34. The number of hydrogen-bond donors (Lipinski definition) is 0. The monoisotopic (exact) mass is 242 g/mol. The Hall–Kier alpha value is 0.527. The first-order valence-corrected chi connectivity index (χ1v) is 4.47. The summed E-state index contributed by atoms with van der Waals surface area (Å²) in [4.78, 5) is 3.67. The van der Waals surface area contributed by atoms with Gasteiger partial charge in [0, 0.05) is 0 Å². The van der Waals surface area contributed by atoms with Crippen molar-refractivity contribution >= 4 is 61.8 Å². The summed E-state index contributed by atoms with van der Waals surface area (Å²) in [5.74, 6) is 0. The molecule has 57 valence electrons. The minimum absolute atomic E-state index is 0.131. The molecule has 0 atom stereocenters. The summed E-state index contributed by atoms with van der Waals surface area (Å²) in [5.41, 5.74) is 0. The van der Waals surface area contributed by atoms with Gasteiger partial charge in [0.25, 0.3) is 0 Å². The Labute approximate surface area is 87.0 Å². The van der Waals surface area contributed by atoms with Gasteiger partial charge in [-0.05, 0) is 5.19 Å². The molecule has 3 radical (unpaired) electrons. The number of halogens is 4. The van der Waals surface area contributed by atoms with Crippen molar-refractivity contribution in [2.45, 2.75) is 0 Å². The lowest BCUT2D eigenvalue weighted by Crippen LogP contribution is -2.08. The van der Waals surface area contributed by atoms with Gasteiger partial charge < -0.3 is 0 Å².